The molecule has 0 unspecified atom stereocenters. The van der Waals surface area contributed by atoms with Crippen LogP contribution in [0.2, 0.25) is 0 Å². The maximum absolute atomic E-state index is 11.5. The van der Waals surface area contributed by atoms with Crippen LogP contribution in [0.3, 0.4) is 0 Å². The van der Waals surface area contributed by atoms with Crippen molar-refractivity contribution >= 4 is 17.4 Å². The van der Waals surface area contributed by atoms with Gasteiger partial charge in [0.05, 0.1) is 11.9 Å². The number of pyridine rings is 1. The molecule has 1 heterocycles. The minimum Gasteiger partial charge on any atom is -0.380 e. The number of rotatable bonds is 6. The van der Waals surface area contributed by atoms with Crippen LogP contribution < -0.4 is 10.6 Å². The predicted octanol–water partition coefficient (Wildman–Crippen LogP) is 3.74. The smallest absolute Gasteiger partial charge is 0.225 e. The Balaban J connectivity index is 1.91. The summed E-state index contributed by atoms with van der Waals surface area (Å²) in [6.45, 7) is 4.84. The average Bonchev–Trinajstić information content (AvgIpc) is 2.48. The van der Waals surface area contributed by atoms with Crippen LogP contribution in [0.5, 0.6) is 0 Å². The fraction of sp³-hybridized carbons (Fsp3) is 0.294. The summed E-state index contributed by atoms with van der Waals surface area (Å²) in [7, 11) is 0. The van der Waals surface area contributed by atoms with Crippen molar-refractivity contribution < 1.29 is 4.79 Å². The highest BCUT2D eigenvalue weighted by molar-refractivity contribution is 5.89. The van der Waals surface area contributed by atoms with Crippen LogP contribution in [0.25, 0.3) is 0 Å². The van der Waals surface area contributed by atoms with Gasteiger partial charge in [0.1, 0.15) is 5.82 Å². The summed E-state index contributed by atoms with van der Waals surface area (Å²) in [6.07, 6.45) is 3.09. The molecule has 4 nitrogen and oxygen atoms in total. The van der Waals surface area contributed by atoms with Crippen molar-refractivity contribution in [1.82, 2.24) is 4.98 Å². The Hall–Kier alpha value is -2.36. The molecule has 2 N–H and O–H groups in total. The van der Waals surface area contributed by atoms with Gasteiger partial charge in [0.2, 0.25) is 5.91 Å². The molecule has 0 bridgehead atoms. The average molecular weight is 283 g/mol. The summed E-state index contributed by atoms with van der Waals surface area (Å²) >= 11 is 0. The Kier molecular flexibility index (Phi) is 5.32. The third kappa shape index (κ3) is 4.60. The van der Waals surface area contributed by atoms with E-state index in [1.54, 1.807) is 6.20 Å². The Morgan fingerprint density at radius 2 is 2.00 bits per heavy atom. The lowest BCUT2D eigenvalue weighted by Gasteiger charge is -2.09. The minimum atomic E-state index is 0.00520. The second kappa shape index (κ2) is 7.43. The third-order valence-corrected chi connectivity index (χ3v) is 3.25. The number of amides is 1. The molecule has 4 heteroatoms. The molecule has 110 valence electrons. The monoisotopic (exact) mass is 283 g/mol. The number of nitrogens with zero attached hydrogens (tertiary/aromatic N) is 1. The molecule has 1 aromatic heterocycles. The lowest BCUT2D eigenvalue weighted by atomic mass is 10.1. The molecule has 0 radical (unpaired) electrons. The second-order valence-electron chi connectivity index (χ2n) is 5.01. The van der Waals surface area contributed by atoms with E-state index in [2.05, 4.69) is 34.7 Å². The van der Waals surface area contributed by atoms with Crippen LogP contribution in [0.15, 0.2) is 42.6 Å². The molecule has 1 amide bonds. The topological polar surface area (TPSA) is 54.0 Å². The summed E-state index contributed by atoms with van der Waals surface area (Å²) in [6, 6.07) is 12.0. The van der Waals surface area contributed by atoms with Gasteiger partial charge in [0.25, 0.3) is 0 Å². The molecule has 0 aliphatic heterocycles. The van der Waals surface area contributed by atoms with Crippen molar-refractivity contribution in [3.05, 3.63) is 53.7 Å². The van der Waals surface area contributed by atoms with Crippen molar-refractivity contribution in [2.24, 2.45) is 0 Å². The summed E-state index contributed by atoms with van der Waals surface area (Å²) in [5, 5.41) is 6.11. The maximum atomic E-state index is 11.5. The number of benzene rings is 1. The number of carbonyl (C=O) groups excluding carboxylic acids is 1. The van der Waals surface area contributed by atoms with E-state index < -0.39 is 0 Å². The van der Waals surface area contributed by atoms with E-state index in [1.807, 2.05) is 31.2 Å². The predicted molar refractivity (Wildman–Crippen MR) is 86.3 cm³/mol. The number of anilines is 2. The molecule has 21 heavy (non-hydrogen) atoms. The largest absolute Gasteiger partial charge is 0.380 e. The highest BCUT2D eigenvalue weighted by Gasteiger charge is 2.02. The SMILES string of the molecule is CCCC(=O)Nc1ccc(NCc2ccccc2C)cn1. The normalized spacial score (nSPS) is 10.2. The van der Waals surface area contributed by atoms with Gasteiger partial charge in [-0.05, 0) is 36.6 Å². The van der Waals surface area contributed by atoms with Gasteiger partial charge in [-0.15, -0.1) is 0 Å². The minimum absolute atomic E-state index is 0.00520. The summed E-state index contributed by atoms with van der Waals surface area (Å²) in [5.41, 5.74) is 3.46. The zero-order valence-corrected chi connectivity index (χ0v) is 12.5. The number of hydrogen-bond acceptors (Lipinski definition) is 3. The van der Waals surface area contributed by atoms with Gasteiger partial charge in [0, 0.05) is 13.0 Å². The van der Waals surface area contributed by atoms with E-state index in [-0.39, 0.29) is 5.91 Å². The lowest BCUT2D eigenvalue weighted by Crippen LogP contribution is -2.11. The van der Waals surface area contributed by atoms with Crippen LogP contribution in [-0.2, 0) is 11.3 Å². The van der Waals surface area contributed by atoms with Crippen molar-refractivity contribution in [3.63, 3.8) is 0 Å². The fourth-order valence-electron chi connectivity index (χ4n) is 2.01. The van der Waals surface area contributed by atoms with Crippen molar-refractivity contribution in [2.45, 2.75) is 33.2 Å². The Labute approximate surface area is 125 Å². The first-order valence-corrected chi connectivity index (χ1v) is 7.23. The molecule has 0 saturated carbocycles. The zero-order valence-electron chi connectivity index (χ0n) is 12.5. The summed E-state index contributed by atoms with van der Waals surface area (Å²) < 4.78 is 0. The molecule has 0 aliphatic rings. The number of aromatic nitrogens is 1. The van der Waals surface area contributed by atoms with Crippen LogP contribution in [-0.4, -0.2) is 10.9 Å². The van der Waals surface area contributed by atoms with E-state index in [0.29, 0.717) is 12.2 Å². The van der Waals surface area contributed by atoms with Gasteiger partial charge < -0.3 is 10.6 Å². The first-order chi connectivity index (χ1) is 10.2. The summed E-state index contributed by atoms with van der Waals surface area (Å²) in [5.74, 6) is 0.598. The summed E-state index contributed by atoms with van der Waals surface area (Å²) in [4.78, 5) is 15.7. The van der Waals surface area contributed by atoms with E-state index >= 15 is 0 Å². The van der Waals surface area contributed by atoms with Gasteiger partial charge in [-0.2, -0.15) is 0 Å². The Morgan fingerprint density at radius 3 is 2.67 bits per heavy atom. The number of aryl methyl sites for hydroxylation is 1. The quantitative estimate of drug-likeness (QED) is 0.849. The van der Waals surface area contributed by atoms with Crippen LogP contribution in [0.4, 0.5) is 11.5 Å². The Bertz CT molecular complexity index is 593. The molecular formula is C17H21N3O. The molecule has 0 saturated heterocycles. The molecular weight excluding hydrogens is 262 g/mol. The number of hydrogen-bond donors (Lipinski definition) is 2. The Morgan fingerprint density at radius 1 is 1.19 bits per heavy atom. The van der Waals surface area contributed by atoms with E-state index in [9.17, 15) is 4.79 Å². The zero-order chi connectivity index (χ0) is 15.1. The molecule has 0 aliphatic carbocycles. The number of nitrogens with one attached hydrogen (secondary N) is 2. The third-order valence-electron chi connectivity index (χ3n) is 3.25. The molecule has 1 aromatic carbocycles. The van der Waals surface area contributed by atoms with Crippen molar-refractivity contribution in [3.8, 4) is 0 Å². The first kappa shape index (κ1) is 15.0. The highest BCUT2D eigenvalue weighted by Crippen LogP contribution is 2.13. The standard InChI is InChI=1S/C17H21N3O/c1-3-6-17(21)20-16-10-9-15(12-19-16)18-11-14-8-5-4-7-13(14)2/h4-5,7-10,12,18H,3,6,11H2,1-2H3,(H,19,20,21). The van der Waals surface area contributed by atoms with Crippen molar-refractivity contribution in [2.75, 3.05) is 10.6 Å². The highest BCUT2D eigenvalue weighted by atomic mass is 16.1. The van der Waals surface area contributed by atoms with Gasteiger partial charge in [0.15, 0.2) is 0 Å². The number of carbonyl (C=O) groups is 1. The lowest BCUT2D eigenvalue weighted by molar-refractivity contribution is -0.116. The van der Waals surface area contributed by atoms with Gasteiger partial charge in [-0.25, -0.2) is 4.98 Å². The first-order valence-electron chi connectivity index (χ1n) is 7.23. The van der Waals surface area contributed by atoms with Gasteiger partial charge >= 0.3 is 0 Å². The van der Waals surface area contributed by atoms with Crippen LogP contribution >= 0.6 is 0 Å². The molecule has 0 atom stereocenters. The maximum Gasteiger partial charge on any atom is 0.225 e. The molecule has 0 spiro atoms. The van der Waals surface area contributed by atoms with Crippen LogP contribution in [0, 0.1) is 6.92 Å². The molecule has 0 fully saturated rings. The van der Waals surface area contributed by atoms with E-state index in [1.165, 1.54) is 11.1 Å². The fourth-order valence-corrected chi connectivity index (χ4v) is 2.01. The molecule has 2 rings (SSSR count). The van der Waals surface area contributed by atoms with Gasteiger partial charge in [-0.1, -0.05) is 31.2 Å². The second-order valence-corrected chi connectivity index (χ2v) is 5.01. The van der Waals surface area contributed by atoms with E-state index in [4.69, 9.17) is 0 Å². The molecule has 2 aromatic rings. The van der Waals surface area contributed by atoms with Crippen LogP contribution in [0.1, 0.15) is 30.9 Å². The van der Waals surface area contributed by atoms with Crippen molar-refractivity contribution in [1.29, 1.82) is 0 Å². The van der Waals surface area contributed by atoms with Gasteiger partial charge in [-0.3, -0.25) is 4.79 Å². The van der Waals surface area contributed by atoms with E-state index in [0.717, 1.165) is 18.7 Å².